The third kappa shape index (κ3) is 5.09. The van der Waals surface area contributed by atoms with Crippen LogP contribution in [0.3, 0.4) is 0 Å². The number of carbonyl (C=O) groups is 1. The largest absolute Gasteiger partial charge is 0.491 e. The zero-order valence-electron chi connectivity index (χ0n) is 23.4. The normalized spacial score (nSPS) is 14.6. The molecule has 6 rings (SSSR count). The number of rotatable bonds is 10. The number of nitrogen functional groups attached to an aromatic ring is 1. The summed E-state index contributed by atoms with van der Waals surface area (Å²) in [5, 5.41) is 9.62. The van der Waals surface area contributed by atoms with Crippen LogP contribution >= 0.6 is 0 Å². The van der Waals surface area contributed by atoms with E-state index in [0.717, 1.165) is 6.42 Å². The number of piperazine rings is 1. The fraction of sp³-hybridized carbons (Fsp3) is 0.393. The van der Waals surface area contributed by atoms with Crippen LogP contribution in [0, 0.1) is 5.82 Å². The van der Waals surface area contributed by atoms with Gasteiger partial charge in [-0.2, -0.15) is 14.6 Å². The highest BCUT2D eigenvalue weighted by atomic mass is 19.1. The zero-order chi connectivity index (χ0) is 29.2. The number of ether oxygens (including phenoxy) is 2. The third-order valence-corrected chi connectivity index (χ3v) is 7.35. The van der Waals surface area contributed by atoms with Crippen LogP contribution in [0.25, 0.3) is 28.3 Å². The average molecular weight is 578 g/mol. The monoisotopic (exact) mass is 577 g/mol. The van der Waals surface area contributed by atoms with E-state index >= 15 is 0 Å². The summed E-state index contributed by atoms with van der Waals surface area (Å²) in [7, 11) is 1.58. The number of aromatic nitrogens is 6. The topological polar surface area (TPSA) is 142 Å². The van der Waals surface area contributed by atoms with E-state index in [4.69, 9.17) is 19.6 Å². The molecule has 1 fully saturated rings. The summed E-state index contributed by atoms with van der Waals surface area (Å²) >= 11 is 0. The first-order valence-electron chi connectivity index (χ1n) is 13.9. The van der Waals surface area contributed by atoms with E-state index in [2.05, 4.69) is 20.2 Å². The lowest BCUT2D eigenvalue weighted by molar-refractivity contribution is -0.135. The van der Waals surface area contributed by atoms with E-state index in [1.54, 1.807) is 53.4 Å². The van der Waals surface area contributed by atoms with Gasteiger partial charge in [-0.3, -0.25) is 4.79 Å². The molecule has 1 aliphatic rings. The van der Waals surface area contributed by atoms with Gasteiger partial charge in [-0.25, -0.2) is 14.1 Å². The quantitative estimate of drug-likeness (QED) is 0.246. The van der Waals surface area contributed by atoms with Crippen molar-refractivity contribution >= 4 is 34.2 Å². The summed E-state index contributed by atoms with van der Waals surface area (Å²) in [6.07, 6.45) is 4.50. The second-order valence-electron chi connectivity index (χ2n) is 10.0. The molecule has 13 nitrogen and oxygen atoms in total. The van der Waals surface area contributed by atoms with Gasteiger partial charge in [0.05, 0.1) is 30.1 Å². The Bertz CT molecular complexity index is 1690. The number of nitrogens with zero attached hydrogens (tertiary/aromatic N) is 8. The minimum Gasteiger partial charge on any atom is -0.491 e. The number of anilines is 2. The van der Waals surface area contributed by atoms with Crippen LogP contribution in [0.4, 0.5) is 16.0 Å². The van der Waals surface area contributed by atoms with Crippen molar-refractivity contribution in [3.63, 3.8) is 0 Å². The molecule has 0 bridgehead atoms. The van der Waals surface area contributed by atoms with Gasteiger partial charge in [0.1, 0.15) is 24.2 Å². The Morgan fingerprint density at radius 1 is 1.14 bits per heavy atom. The molecule has 0 aliphatic carbocycles. The van der Waals surface area contributed by atoms with Crippen molar-refractivity contribution in [3.8, 4) is 17.3 Å². The number of halogens is 1. The summed E-state index contributed by atoms with van der Waals surface area (Å²) in [6, 6.07) is 7.77. The molecule has 5 aromatic rings. The predicted molar refractivity (Wildman–Crippen MR) is 153 cm³/mol. The van der Waals surface area contributed by atoms with Gasteiger partial charge in [0.2, 0.25) is 17.7 Å². The molecule has 0 unspecified atom stereocenters. The van der Waals surface area contributed by atoms with Crippen molar-refractivity contribution in [1.82, 2.24) is 34.3 Å². The van der Waals surface area contributed by atoms with Gasteiger partial charge in [0.25, 0.3) is 0 Å². The van der Waals surface area contributed by atoms with Gasteiger partial charge in [-0.1, -0.05) is 13.3 Å². The van der Waals surface area contributed by atoms with Crippen molar-refractivity contribution in [3.05, 3.63) is 48.6 Å². The van der Waals surface area contributed by atoms with Crippen LogP contribution in [0.2, 0.25) is 0 Å². The smallest absolute Gasteiger partial charge is 0.247 e. The first kappa shape index (κ1) is 27.4. The SMILES string of the molecule is CCC[C@@H](C(=O)N1CCN(c2ccc(OCCOC)cc2F)CC1)n1ncc2c1nc(N)n1nc(-c3ccco3)nc21. The van der Waals surface area contributed by atoms with Crippen LogP contribution in [0.15, 0.2) is 47.2 Å². The Balaban J connectivity index is 1.20. The molecule has 1 aromatic carbocycles. The van der Waals surface area contributed by atoms with E-state index < -0.39 is 6.04 Å². The number of hydrogen-bond acceptors (Lipinski definition) is 10. The molecule has 1 saturated heterocycles. The summed E-state index contributed by atoms with van der Waals surface area (Å²) in [6.45, 7) is 4.66. The molecule has 0 saturated carbocycles. The minimum absolute atomic E-state index is 0.0677. The van der Waals surface area contributed by atoms with Gasteiger partial charge < -0.3 is 29.4 Å². The molecule has 1 aliphatic heterocycles. The summed E-state index contributed by atoms with van der Waals surface area (Å²) < 4.78 is 33.9. The van der Waals surface area contributed by atoms with Gasteiger partial charge in [0, 0.05) is 39.4 Å². The zero-order valence-corrected chi connectivity index (χ0v) is 23.4. The molecule has 0 spiro atoms. The lowest BCUT2D eigenvalue weighted by Gasteiger charge is -2.37. The molecule has 4 aromatic heterocycles. The summed E-state index contributed by atoms with van der Waals surface area (Å²) in [5.41, 5.74) is 7.68. The van der Waals surface area contributed by atoms with Crippen molar-refractivity contribution < 1.29 is 23.1 Å². The van der Waals surface area contributed by atoms with Crippen molar-refractivity contribution in [2.24, 2.45) is 0 Å². The number of carbonyl (C=O) groups excluding carboxylic acids is 1. The molecule has 42 heavy (non-hydrogen) atoms. The second-order valence-corrected chi connectivity index (χ2v) is 10.0. The predicted octanol–water partition coefficient (Wildman–Crippen LogP) is 3.17. The van der Waals surface area contributed by atoms with Crippen LogP contribution in [-0.2, 0) is 9.53 Å². The molecule has 1 amide bonds. The second kappa shape index (κ2) is 11.6. The maximum atomic E-state index is 14.9. The highest BCUT2D eigenvalue weighted by Crippen LogP contribution is 2.29. The van der Waals surface area contributed by atoms with E-state index in [1.165, 1.54) is 10.6 Å². The molecular formula is C28H32FN9O4. The number of nitrogens with two attached hydrogens (primary N) is 1. The van der Waals surface area contributed by atoms with E-state index in [1.807, 2.05) is 11.8 Å². The fourth-order valence-electron chi connectivity index (χ4n) is 5.24. The van der Waals surface area contributed by atoms with Crippen LogP contribution < -0.4 is 15.4 Å². The van der Waals surface area contributed by atoms with Crippen LogP contribution in [-0.4, -0.2) is 86.7 Å². The van der Waals surface area contributed by atoms with E-state index in [0.29, 0.717) is 85.5 Å². The van der Waals surface area contributed by atoms with Crippen LogP contribution in [0.1, 0.15) is 25.8 Å². The lowest BCUT2D eigenvalue weighted by atomic mass is 10.1. The number of methoxy groups -OCH3 is 1. The Hall–Kier alpha value is -4.72. The Morgan fingerprint density at radius 3 is 2.69 bits per heavy atom. The fourth-order valence-corrected chi connectivity index (χ4v) is 5.24. The Kier molecular flexibility index (Phi) is 7.61. The van der Waals surface area contributed by atoms with Crippen molar-refractivity contribution in [2.75, 3.05) is 57.1 Å². The third-order valence-electron chi connectivity index (χ3n) is 7.35. The first-order valence-corrected chi connectivity index (χ1v) is 13.9. The van der Waals surface area contributed by atoms with Crippen molar-refractivity contribution in [2.45, 2.75) is 25.8 Å². The van der Waals surface area contributed by atoms with Gasteiger partial charge in [-0.05, 0) is 30.7 Å². The molecule has 2 N–H and O–H groups in total. The maximum Gasteiger partial charge on any atom is 0.247 e. The lowest BCUT2D eigenvalue weighted by Crippen LogP contribution is -2.51. The molecule has 0 radical (unpaired) electrons. The molecule has 1 atom stereocenters. The number of hydrogen-bond donors (Lipinski definition) is 1. The number of furan rings is 1. The standard InChI is InChI=1S/C28H32FN9O4/c1-3-5-22(27(39)36-11-9-35(10-12-36)21-8-7-18(16-20(21)29)41-15-14-40-2)37-26-19(17-31-37)25-32-24(23-6-4-13-42-23)34-38(25)28(30)33-26/h4,6-8,13,16-17,22H,3,5,9-12,14-15H2,1-2H3,(H2,30,33)/t22-/m0/s1. The Morgan fingerprint density at radius 2 is 1.98 bits per heavy atom. The maximum absolute atomic E-state index is 14.9. The highest BCUT2D eigenvalue weighted by molar-refractivity contribution is 5.92. The number of fused-ring (bicyclic) bond motifs is 3. The first-order chi connectivity index (χ1) is 20.5. The number of amides is 1. The van der Waals surface area contributed by atoms with Crippen LogP contribution in [0.5, 0.6) is 5.75 Å². The molecule has 220 valence electrons. The highest BCUT2D eigenvalue weighted by Gasteiger charge is 2.31. The molecule has 14 heteroatoms. The summed E-state index contributed by atoms with van der Waals surface area (Å²) in [4.78, 5) is 26.8. The van der Waals surface area contributed by atoms with Gasteiger partial charge in [0.15, 0.2) is 17.1 Å². The van der Waals surface area contributed by atoms with Crippen molar-refractivity contribution in [1.29, 1.82) is 0 Å². The molecular weight excluding hydrogens is 545 g/mol. The average Bonchev–Trinajstić information content (AvgIpc) is 3.76. The van der Waals surface area contributed by atoms with Gasteiger partial charge >= 0.3 is 0 Å². The minimum atomic E-state index is -0.582. The number of benzene rings is 1. The van der Waals surface area contributed by atoms with Gasteiger partial charge in [-0.15, -0.1) is 5.10 Å². The van der Waals surface area contributed by atoms with E-state index in [-0.39, 0.29) is 17.7 Å². The summed E-state index contributed by atoms with van der Waals surface area (Å²) in [5.74, 6) is 1.02. The molecule has 5 heterocycles. The van der Waals surface area contributed by atoms with E-state index in [9.17, 15) is 9.18 Å². The Labute approximate surface area is 240 Å².